The van der Waals surface area contributed by atoms with E-state index < -0.39 is 5.91 Å². The van der Waals surface area contributed by atoms with Gasteiger partial charge in [-0.05, 0) is 30.7 Å². The smallest absolute Gasteiger partial charge is 0.271 e. The number of carbonyl (C=O) groups is 1. The maximum Gasteiger partial charge on any atom is 0.271 e. The molecule has 0 saturated heterocycles. The molecule has 2 rings (SSSR count). The lowest BCUT2D eigenvalue weighted by molar-refractivity contribution is 0.0996. The van der Waals surface area contributed by atoms with E-state index in [1.165, 1.54) is 12.8 Å². The summed E-state index contributed by atoms with van der Waals surface area (Å²) in [6.07, 6.45) is 3.39. The molecule has 2 aromatic rings. The Balaban J connectivity index is 2.04. The monoisotopic (exact) mass is 274 g/mol. The number of hydrogen-bond acceptors (Lipinski definition) is 4. The van der Waals surface area contributed by atoms with Crippen LogP contribution in [0, 0.1) is 0 Å². The molecule has 0 aliphatic rings. The number of aromatic amines is 1. The Morgan fingerprint density at radius 2 is 2.00 bits per heavy atom. The van der Waals surface area contributed by atoms with Crippen molar-refractivity contribution >= 4 is 5.91 Å². The molecule has 1 amide bonds. The number of amides is 1. The first-order valence-electron chi connectivity index (χ1n) is 6.66. The van der Waals surface area contributed by atoms with E-state index in [9.17, 15) is 4.79 Å². The summed E-state index contributed by atoms with van der Waals surface area (Å²) in [6.45, 7) is 2.87. The van der Waals surface area contributed by atoms with E-state index >= 15 is 0 Å². The minimum absolute atomic E-state index is 0.140. The van der Waals surface area contributed by atoms with E-state index in [1.54, 1.807) is 0 Å². The van der Waals surface area contributed by atoms with E-state index in [-0.39, 0.29) is 5.69 Å². The van der Waals surface area contributed by atoms with E-state index in [1.807, 2.05) is 24.3 Å². The van der Waals surface area contributed by atoms with Gasteiger partial charge in [0, 0.05) is 5.56 Å². The second kappa shape index (κ2) is 6.70. The van der Waals surface area contributed by atoms with Gasteiger partial charge < -0.3 is 10.5 Å². The molecule has 0 atom stereocenters. The third kappa shape index (κ3) is 3.34. The van der Waals surface area contributed by atoms with E-state index in [0.29, 0.717) is 12.3 Å². The summed E-state index contributed by atoms with van der Waals surface area (Å²) in [5, 5.41) is 10.1. The zero-order valence-electron chi connectivity index (χ0n) is 11.4. The molecule has 1 aromatic heterocycles. The molecule has 0 saturated carbocycles. The summed E-state index contributed by atoms with van der Waals surface area (Å²) in [4.78, 5) is 11.2. The number of hydrogen-bond donors (Lipinski definition) is 2. The van der Waals surface area contributed by atoms with Crippen molar-refractivity contribution in [2.45, 2.75) is 26.2 Å². The van der Waals surface area contributed by atoms with Crippen molar-refractivity contribution < 1.29 is 9.53 Å². The van der Waals surface area contributed by atoms with Crippen LogP contribution in [-0.2, 0) is 0 Å². The molecular weight excluding hydrogens is 256 g/mol. The van der Waals surface area contributed by atoms with Crippen molar-refractivity contribution in [3.63, 3.8) is 0 Å². The van der Waals surface area contributed by atoms with Gasteiger partial charge in [-0.3, -0.25) is 4.79 Å². The summed E-state index contributed by atoms with van der Waals surface area (Å²) in [5.41, 5.74) is 6.60. The van der Waals surface area contributed by atoms with Gasteiger partial charge in [-0.1, -0.05) is 19.8 Å². The SMILES string of the molecule is CCCCCOc1ccc(-c2n[nH]nc2C(N)=O)cc1. The maximum absolute atomic E-state index is 11.2. The minimum Gasteiger partial charge on any atom is -0.494 e. The van der Waals surface area contributed by atoms with Crippen LogP contribution in [0.15, 0.2) is 24.3 Å². The van der Waals surface area contributed by atoms with Gasteiger partial charge >= 0.3 is 0 Å². The van der Waals surface area contributed by atoms with Crippen LogP contribution in [0.4, 0.5) is 0 Å². The average Bonchev–Trinajstić information content (AvgIpc) is 2.94. The fraction of sp³-hybridized carbons (Fsp3) is 0.357. The molecule has 0 bridgehead atoms. The van der Waals surface area contributed by atoms with Crippen LogP contribution in [0.5, 0.6) is 5.75 Å². The predicted octanol–water partition coefficient (Wildman–Crippen LogP) is 2.14. The fourth-order valence-electron chi connectivity index (χ4n) is 1.86. The Kier molecular flexibility index (Phi) is 4.70. The lowest BCUT2D eigenvalue weighted by atomic mass is 10.1. The van der Waals surface area contributed by atoms with Crippen molar-refractivity contribution in [3.8, 4) is 17.0 Å². The Bertz CT molecular complexity index is 563. The number of nitrogens with zero attached hydrogens (tertiary/aromatic N) is 2. The van der Waals surface area contributed by atoms with Gasteiger partial charge in [0.15, 0.2) is 5.69 Å². The lowest BCUT2D eigenvalue weighted by Crippen LogP contribution is -2.12. The Hall–Kier alpha value is -2.37. The molecule has 1 heterocycles. The quantitative estimate of drug-likeness (QED) is 0.756. The van der Waals surface area contributed by atoms with Crippen molar-refractivity contribution in [2.24, 2.45) is 5.73 Å². The second-order valence-corrected chi connectivity index (χ2v) is 4.47. The van der Waals surface area contributed by atoms with Crippen molar-refractivity contribution in [3.05, 3.63) is 30.0 Å². The highest BCUT2D eigenvalue weighted by Crippen LogP contribution is 2.22. The van der Waals surface area contributed by atoms with E-state index in [2.05, 4.69) is 22.3 Å². The first-order valence-corrected chi connectivity index (χ1v) is 6.66. The molecule has 106 valence electrons. The summed E-state index contributed by atoms with van der Waals surface area (Å²) < 4.78 is 5.62. The largest absolute Gasteiger partial charge is 0.494 e. The number of nitrogens with two attached hydrogens (primary N) is 1. The van der Waals surface area contributed by atoms with Gasteiger partial charge in [0.2, 0.25) is 0 Å². The molecule has 0 radical (unpaired) electrons. The molecular formula is C14H18N4O2. The summed E-state index contributed by atoms with van der Waals surface area (Å²) >= 11 is 0. The van der Waals surface area contributed by atoms with Crippen LogP contribution >= 0.6 is 0 Å². The summed E-state index contributed by atoms with van der Waals surface area (Å²) in [7, 11) is 0. The average molecular weight is 274 g/mol. The number of primary amides is 1. The fourth-order valence-corrected chi connectivity index (χ4v) is 1.86. The van der Waals surface area contributed by atoms with Crippen LogP contribution < -0.4 is 10.5 Å². The third-order valence-electron chi connectivity index (χ3n) is 2.93. The molecule has 3 N–H and O–H groups in total. The van der Waals surface area contributed by atoms with Crippen molar-refractivity contribution in [2.75, 3.05) is 6.61 Å². The Labute approximate surface area is 117 Å². The highest BCUT2D eigenvalue weighted by molar-refractivity contribution is 5.96. The number of aromatic nitrogens is 3. The van der Waals surface area contributed by atoms with Gasteiger partial charge in [-0.2, -0.15) is 15.4 Å². The standard InChI is InChI=1S/C14H18N4O2/c1-2-3-4-9-20-11-7-5-10(6-8-11)12-13(14(15)19)17-18-16-12/h5-8H,2-4,9H2,1H3,(H2,15,19)(H,16,17,18). The highest BCUT2D eigenvalue weighted by Gasteiger charge is 2.14. The molecule has 1 aromatic carbocycles. The van der Waals surface area contributed by atoms with Gasteiger partial charge in [-0.15, -0.1) is 0 Å². The first-order chi connectivity index (χ1) is 9.72. The molecule has 0 fully saturated rings. The van der Waals surface area contributed by atoms with Gasteiger partial charge in [0.1, 0.15) is 11.4 Å². The third-order valence-corrected chi connectivity index (χ3v) is 2.93. The Morgan fingerprint density at radius 3 is 2.65 bits per heavy atom. The minimum atomic E-state index is -0.603. The zero-order chi connectivity index (χ0) is 14.4. The summed E-state index contributed by atoms with van der Waals surface area (Å²) in [5.74, 6) is 0.197. The van der Waals surface area contributed by atoms with Crippen LogP contribution in [0.25, 0.3) is 11.3 Å². The summed E-state index contributed by atoms with van der Waals surface area (Å²) in [6, 6.07) is 7.36. The number of rotatable bonds is 7. The molecule has 6 heteroatoms. The molecule has 6 nitrogen and oxygen atoms in total. The molecule has 0 aliphatic carbocycles. The molecule has 20 heavy (non-hydrogen) atoms. The molecule has 0 spiro atoms. The van der Waals surface area contributed by atoms with Crippen molar-refractivity contribution in [1.29, 1.82) is 0 Å². The Morgan fingerprint density at radius 1 is 1.25 bits per heavy atom. The topological polar surface area (TPSA) is 93.9 Å². The molecule has 0 aliphatic heterocycles. The lowest BCUT2D eigenvalue weighted by Gasteiger charge is -2.06. The van der Waals surface area contributed by atoms with Crippen LogP contribution in [0.3, 0.4) is 0 Å². The van der Waals surface area contributed by atoms with Gasteiger partial charge in [-0.25, -0.2) is 0 Å². The van der Waals surface area contributed by atoms with Gasteiger partial charge in [0.25, 0.3) is 5.91 Å². The van der Waals surface area contributed by atoms with Crippen molar-refractivity contribution in [1.82, 2.24) is 15.4 Å². The number of carbonyl (C=O) groups excluding carboxylic acids is 1. The van der Waals surface area contributed by atoms with E-state index in [4.69, 9.17) is 10.5 Å². The zero-order valence-corrected chi connectivity index (χ0v) is 11.4. The highest BCUT2D eigenvalue weighted by atomic mass is 16.5. The second-order valence-electron chi connectivity index (χ2n) is 4.47. The van der Waals surface area contributed by atoms with Crippen LogP contribution in [-0.4, -0.2) is 27.9 Å². The predicted molar refractivity (Wildman–Crippen MR) is 75.4 cm³/mol. The number of benzene rings is 1. The first kappa shape index (κ1) is 14.0. The van der Waals surface area contributed by atoms with Crippen LogP contribution in [0.2, 0.25) is 0 Å². The molecule has 0 unspecified atom stereocenters. The van der Waals surface area contributed by atoms with Gasteiger partial charge in [0.05, 0.1) is 6.61 Å². The number of nitrogens with one attached hydrogen (secondary N) is 1. The van der Waals surface area contributed by atoms with E-state index in [0.717, 1.165) is 17.7 Å². The maximum atomic E-state index is 11.2. The normalized spacial score (nSPS) is 10.4. The number of ether oxygens (including phenoxy) is 1. The van der Waals surface area contributed by atoms with Crippen LogP contribution in [0.1, 0.15) is 36.7 Å². The number of H-pyrrole nitrogens is 1. The number of unbranched alkanes of at least 4 members (excludes halogenated alkanes) is 2.